The van der Waals surface area contributed by atoms with Crippen LogP contribution in [0.2, 0.25) is 0 Å². The van der Waals surface area contributed by atoms with E-state index < -0.39 is 49.5 Å². The van der Waals surface area contributed by atoms with Crippen LogP contribution in [-0.4, -0.2) is 87.5 Å². The molecule has 0 radical (unpaired) electrons. The number of rotatable bonds is 56. The van der Waals surface area contributed by atoms with Crippen molar-refractivity contribution >= 4 is 5.91 Å². The fourth-order valence-corrected chi connectivity index (χ4v) is 10.3. The molecule has 9 nitrogen and oxygen atoms in total. The Morgan fingerprint density at radius 1 is 0.446 bits per heavy atom. The lowest BCUT2D eigenvalue weighted by molar-refractivity contribution is -0.302. The number of hydrogen-bond donors (Lipinski definition) is 6. The molecule has 0 bridgehead atoms. The zero-order valence-corrected chi connectivity index (χ0v) is 48.6. The van der Waals surface area contributed by atoms with Crippen molar-refractivity contribution in [2.24, 2.45) is 0 Å². The fraction of sp³-hybridized carbons (Fsp3) is 0.892. The SMILES string of the molecule is CCCCCCCCCC/C=C\CCCCCCCCCCCCCCCCCCCCCCCCCC(=O)NC(COC1OC(CO)C(O)C(O)C1O)C(O)/C=C/CC/C=C/CCCCCCCCCCCC. The van der Waals surface area contributed by atoms with Crippen molar-refractivity contribution in [2.45, 2.75) is 358 Å². The Morgan fingerprint density at radius 3 is 1.14 bits per heavy atom. The number of amides is 1. The van der Waals surface area contributed by atoms with Crippen LogP contribution in [-0.2, 0) is 14.3 Å². The molecule has 7 atom stereocenters. The first kappa shape index (κ1) is 70.4. The summed E-state index contributed by atoms with van der Waals surface area (Å²) in [6, 6.07) is -0.820. The average molecular weight is 1050 g/mol. The minimum absolute atomic E-state index is 0.181. The molecule has 6 N–H and O–H groups in total. The van der Waals surface area contributed by atoms with Gasteiger partial charge in [-0.25, -0.2) is 0 Å². The summed E-state index contributed by atoms with van der Waals surface area (Å²) in [7, 11) is 0. The number of aliphatic hydroxyl groups is 5. The number of aliphatic hydroxyl groups excluding tert-OH is 5. The molecule has 0 aromatic carbocycles. The molecule has 0 aliphatic carbocycles. The van der Waals surface area contributed by atoms with Gasteiger partial charge in [0.2, 0.25) is 5.91 Å². The molecule has 1 aliphatic rings. The van der Waals surface area contributed by atoms with Crippen LogP contribution < -0.4 is 5.32 Å². The standard InChI is InChI=1S/C65H123NO8/c1-3-5-7-9-11-13-15-17-19-21-22-23-24-25-26-27-28-29-30-31-32-33-34-35-36-37-38-39-41-43-45-47-49-51-53-55-61(69)66-58(57-73-65-64(72)63(71)62(70)60(56-67)74-65)59(68)54-52-50-48-46-44-42-40-20-18-16-14-12-10-8-6-4-2/h21-22,44,46,52,54,58-60,62-65,67-68,70-72H,3-20,23-43,45,47-51,53,55-57H2,1-2H3,(H,66,69)/b22-21-,46-44+,54-52+. The molecule has 0 saturated carbocycles. The summed E-state index contributed by atoms with van der Waals surface area (Å²) in [4.78, 5) is 13.1. The molecule has 0 aromatic rings. The van der Waals surface area contributed by atoms with Gasteiger partial charge in [0.15, 0.2) is 6.29 Å². The van der Waals surface area contributed by atoms with Crippen LogP contribution >= 0.6 is 0 Å². The molecule has 74 heavy (non-hydrogen) atoms. The monoisotopic (exact) mass is 1050 g/mol. The zero-order valence-electron chi connectivity index (χ0n) is 48.6. The highest BCUT2D eigenvalue weighted by molar-refractivity contribution is 5.76. The normalized spacial score (nSPS) is 19.1. The highest BCUT2D eigenvalue weighted by Crippen LogP contribution is 2.23. The van der Waals surface area contributed by atoms with Crippen molar-refractivity contribution in [3.05, 3.63) is 36.5 Å². The Bertz CT molecular complexity index is 1260. The van der Waals surface area contributed by atoms with Gasteiger partial charge < -0.3 is 40.3 Å². The maximum atomic E-state index is 13.1. The third-order valence-corrected chi connectivity index (χ3v) is 15.4. The molecule has 0 aromatic heterocycles. The second kappa shape index (κ2) is 54.8. The summed E-state index contributed by atoms with van der Waals surface area (Å²) in [6.07, 6.45) is 65.4. The van der Waals surface area contributed by atoms with Crippen LogP contribution in [0.15, 0.2) is 36.5 Å². The number of carbonyl (C=O) groups excluding carboxylic acids is 1. The molecule has 1 heterocycles. The Labute approximate surface area is 457 Å². The Kier molecular flexibility index (Phi) is 52.1. The lowest BCUT2D eigenvalue weighted by Gasteiger charge is -2.40. The Morgan fingerprint density at radius 2 is 0.770 bits per heavy atom. The largest absolute Gasteiger partial charge is 0.394 e. The van der Waals surface area contributed by atoms with Crippen LogP contribution in [0.3, 0.4) is 0 Å². The number of unbranched alkanes of at least 4 members (excludes halogenated alkanes) is 42. The highest BCUT2D eigenvalue weighted by atomic mass is 16.7. The third-order valence-electron chi connectivity index (χ3n) is 15.4. The van der Waals surface area contributed by atoms with Gasteiger partial charge in [0.25, 0.3) is 0 Å². The van der Waals surface area contributed by atoms with Crippen LogP contribution in [0.1, 0.15) is 316 Å². The summed E-state index contributed by atoms with van der Waals surface area (Å²) >= 11 is 0. The van der Waals surface area contributed by atoms with E-state index in [1.807, 2.05) is 6.08 Å². The zero-order chi connectivity index (χ0) is 53.6. The van der Waals surface area contributed by atoms with E-state index in [4.69, 9.17) is 9.47 Å². The first-order valence-corrected chi connectivity index (χ1v) is 32.2. The van der Waals surface area contributed by atoms with Gasteiger partial charge in [-0.05, 0) is 57.8 Å². The number of nitrogens with one attached hydrogen (secondary N) is 1. The van der Waals surface area contributed by atoms with Gasteiger partial charge in [-0.2, -0.15) is 0 Å². The third kappa shape index (κ3) is 43.4. The minimum atomic E-state index is -1.57. The second-order valence-electron chi connectivity index (χ2n) is 22.5. The molecule has 1 amide bonds. The van der Waals surface area contributed by atoms with Gasteiger partial charge in [-0.15, -0.1) is 0 Å². The van der Waals surface area contributed by atoms with Gasteiger partial charge in [0.05, 0.1) is 25.4 Å². The van der Waals surface area contributed by atoms with E-state index in [0.717, 1.165) is 38.5 Å². The molecule has 1 rings (SSSR count). The number of ether oxygens (including phenoxy) is 2. The lowest BCUT2D eigenvalue weighted by Crippen LogP contribution is -2.60. The minimum Gasteiger partial charge on any atom is -0.394 e. The summed E-state index contributed by atoms with van der Waals surface area (Å²) in [5, 5.41) is 54.5. The Balaban J connectivity index is 2.09. The summed E-state index contributed by atoms with van der Waals surface area (Å²) in [5.74, 6) is -0.181. The lowest BCUT2D eigenvalue weighted by atomic mass is 9.99. The van der Waals surface area contributed by atoms with E-state index in [0.29, 0.717) is 6.42 Å². The van der Waals surface area contributed by atoms with Gasteiger partial charge in [0.1, 0.15) is 24.4 Å². The maximum absolute atomic E-state index is 13.1. The molecule has 1 saturated heterocycles. The molecular formula is C65H123NO8. The van der Waals surface area contributed by atoms with Crippen LogP contribution in [0, 0.1) is 0 Å². The van der Waals surface area contributed by atoms with E-state index in [2.05, 4.69) is 43.5 Å². The topological polar surface area (TPSA) is 149 Å². The molecule has 0 spiro atoms. The summed E-state index contributed by atoms with van der Waals surface area (Å²) in [6.45, 7) is 3.79. The summed E-state index contributed by atoms with van der Waals surface area (Å²) < 4.78 is 11.3. The van der Waals surface area contributed by atoms with Crippen molar-refractivity contribution < 1.29 is 39.8 Å². The maximum Gasteiger partial charge on any atom is 0.220 e. The molecule has 1 aliphatic heterocycles. The van der Waals surface area contributed by atoms with Crippen LogP contribution in [0.4, 0.5) is 0 Å². The van der Waals surface area contributed by atoms with Crippen molar-refractivity contribution in [1.29, 1.82) is 0 Å². The molecule has 9 heteroatoms. The van der Waals surface area contributed by atoms with Crippen molar-refractivity contribution in [2.75, 3.05) is 13.2 Å². The number of hydrogen-bond acceptors (Lipinski definition) is 8. The second-order valence-corrected chi connectivity index (χ2v) is 22.5. The van der Waals surface area contributed by atoms with Gasteiger partial charge >= 0.3 is 0 Å². The number of carbonyl (C=O) groups is 1. The average Bonchev–Trinajstić information content (AvgIpc) is 3.40. The van der Waals surface area contributed by atoms with Gasteiger partial charge in [-0.1, -0.05) is 288 Å². The van der Waals surface area contributed by atoms with E-state index in [9.17, 15) is 30.3 Å². The smallest absolute Gasteiger partial charge is 0.220 e. The first-order chi connectivity index (χ1) is 36.3. The van der Waals surface area contributed by atoms with Crippen LogP contribution in [0.25, 0.3) is 0 Å². The first-order valence-electron chi connectivity index (χ1n) is 32.2. The van der Waals surface area contributed by atoms with E-state index in [-0.39, 0.29) is 12.5 Å². The Hall–Kier alpha value is -1.59. The molecular weight excluding hydrogens is 923 g/mol. The molecule has 7 unspecified atom stereocenters. The summed E-state index contributed by atoms with van der Waals surface area (Å²) in [5.41, 5.74) is 0. The van der Waals surface area contributed by atoms with E-state index in [1.165, 1.54) is 257 Å². The van der Waals surface area contributed by atoms with Gasteiger partial charge in [-0.3, -0.25) is 4.79 Å². The van der Waals surface area contributed by atoms with Crippen molar-refractivity contribution in [3.63, 3.8) is 0 Å². The van der Waals surface area contributed by atoms with Crippen molar-refractivity contribution in [3.8, 4) is 0 Å². The molecule has 436 valence electrons. The van der Waals surface area contributed by atoms with Gasteiger partial charge in [0, 0.05) is 6.42 Å². The van der Waals surface area contributed by atoms with E-state index >= 15 is 0 Å². The predicted molar refractivity (Wildman–Crippen MR) is 313 cm³/mol. The number of allylic oxidation sites excluding steroid dienone is 5. The highest BCUT2D eigenvalue weighted by Gasteiger charge is 2.44. The van der Waals surface area contributed by atoms with E-state index in [1.54, 1.807) is 6.08 Å². The fourth-order valence-electron chi connectivity index (χ4n) is 10.3. The van der Waals surface area contributed by atoms with Crippen molar-refractivity contribution in [1.82, 2.24) is 5.32 Å². The quantitative estimate of drug-likeness (QED) is 0.0261. The molecule has 1 fully saturated rings. The predicted octanol–water partition coefficient (Wildman–Crippen LogP) is 16.7. The van der Waals surface area contributed by atoms with Crippen LogP contribution in [0.5, 0.6) is 0 Å².